The van der Waals surface area contributed by atoms with Crippen LogP contribution in [0.4, 0.5) is 0 Å². The Bertz CT molecular complexity index is 372. The van der Waals surface area contributed by atoms with Crippen LogP contribution in [-0.2, 0) is 10.0 Å². The molecular weight excluding hydrogens is 254 g/mol. The molecule has 0 unspecified atom stereocenters. The third kappa shape index (κ3) is 2.79. The molecule has 0 aliphatic rings. The molecule has 13 heavy (non-hydrogen) atoms. The Balaban J connectivity index is 3.02. The van der Waals surface area contributed by atoms with E-state index in [1.165, 1.54) is 0 Å². The Kier molecular flexibility index (Phi) is 3.47. The van der Waals surface area contributed by atoms with Crippen molar-refractivity contribution >= 4 is 26.0 Å². The van der Waals surface area contributed by atoms with Gasteiger partial charge < -0.3 is 0 Å². The molecule has 0 heterocycles. The van der Waals surface area contributed by atoms with E-state index in [-0.39, 0.29) is 10.3 Å². The average Bonchev–Trinajstić information content (AvgIpc) is 2.05. The number of benzene rings is 1. The van der Waals surface area contributed by atoms with E-state index in [9.17, 15) is 8.42 Å². The lowest BCUT2D eigenvalue weighted by Gasteiger charge is -2.03. The van der Waals surface area contributed by atoms with Gasteiger partial charge >= 0.3 is 0 Å². The third-order valence-electron chi connectivity index (χ3n) is 1.58. The van der Waals surface area contributed by atoms with Crippen LogP contribution in [0.3, 0.4) is 0 Å². The van der Waals surface area contributed by atoms with Gasteiger partial charge in [0.25, 0.3) is 0 Å². The summed E-state index contributed by atoms with van der Waals surface area (Å²) in [6.45, 7) is 1.91. The summed E-state index contributed by atoms with van der Waals surface area (Å²) in [5.41, 5.74) is 1.27. The van der Waals surface area contributed by atoms with Crippen LogP contribution in [0.15, 0.2) is 29.2 Å². The Labute approximate surface area is 86.3 Å². The van der Waals surface area contributed by atoms with Crippen molar-refractivity contribution in [1.29, 1.82) is 0 Å². The molecule has 3 nitrogen and oxygen atoms in total. The van der Waals surface area contributed by atoms with E-state index in [0.717, 1.165) is 5.56 Å². The van der Waals surface area contributed by atoms with E-state index in [4.69, 9.17) is 0 Å². The van der Waals surface area contributed by atoms with Gasteiger partial charge in [-0.25, -0.2) is 13.1 Å². The number of halogens is 1. The molecular formula is C8H10BrNO2S. The summed E-state index contributed by atoms with van der Waals surface area (Å²) in [4.78, 5) is 0.289. The van der Waals surface area contributed by atoms with Gasteiger partial charge in [0.15, 0.2) is 0 Å². The highest BCUT2D eigenvalue weighted by molar-refractivity contribution is 9.09. The maximum absolute atomic E-state index is 11.4. The van der Waals surface area contributed by atoms with Gasteiger partial charge in [-0.3, -0.25) is 0 Å². The van der Waals surface area contributed by atoms with Crippen molar-refractivity contribution in [2.75, 3.05) is 5.45 Å². The molecule has 0 saturated heterocycles. The predicted octanol–water partition coefficient (Wildman–Crippen LogP) is 1.63. The van der Waals surface area contributed by atoms with Gasteiger partial charge in [-0.1, -0.05) is 33.6 Å². The van der Waals surface area contributed by atoms with Crippen molar-refractivity contribution in [2.45, 2.75) is 11.8 Å². The number of rotatable bonds is 3. The lowest BCUT2D eigenvalue weighted by Crippen LogP contribution is -2.21. The minimum Gasteiger partial charge on any atom is -0.207 e. The van der Waals surface area contributed by atoms with E-state index in [2.05, 4.69) is 20.7 Å². The Morgan fingerprint density at radius 2 is 1.85 bits per heavy atom. The first-order chi connectivity index (χ1) is 6.06. The molecule has 1 rings (SSSR count). The summed E-state index contributed by atoms with van der Waals surface area (Å²) in [5.74, 6) is 0. The lowest BCUT2D eigenvalue weighted by molar-refractivity contribution is 0.587. The van der Waals surface area contributed by atoms with Gasteiger partial charge in [0, 0.05) is 0 Å². The van der Waals surface area contributed by atoms with Gasteiger partial charge in [-0.2, -0.15) is 0 Å². The molecule has 1 aromatic rings. The van der Waals surface area contributed by atoms with Crippen molar-refractivity contribution in [1.82, 2.24) is 4.72 Å². The molecule has 0 fully saturated rings. The van der Waals surface area contributed by atoms with Crippen molar-refractivity contribution in [3.8, 4) is 0 Å². The number of hydrogen-bond acceptors (Lipinski definition) is 2. The van der Waals surface area contributed by atoms with E-state index < -0.39 is 10.0 Å². The Morgan fingerprint density at radius 1 is 1.31 bits per heavy atom. The molecule has 0 aliphatic carbocycles. The molecule has 0 spiro atoms. The fraction of sp³-hybridized carbons (Fsp3) is 0.250. The van der Waals surface area contributed by atoms with E-state index in [1.807, 2.05) is 6.92 Å². The molecule has 5 heteroatoms. The second-order valence-corrected chi connectivity index (χ2v) is 4.92. The lowest BCUT2D eigenvalue weighted by atomic mass is 10.2. The highest BCUT2D eigenvalue weighted by Gasteiger charge is 2.11. The zero-order chi connectivity index (χ0) is 9.90. The summed E-state index contributed by atoms with van der Waals surface area (Å²) in [5, 5.41) is 0. The second kappa shape index (κ2) is 4.21. The van der Waals surface area contributed by atoms with Crippen LogP contribution in [0.1, 0.15) is 5.56 Å². The van der Waals surface area contributed by atoms with Crippen molar-refractivity contribution < 1.29 is 8.42 Å². The molecule has 1 aromatic carbocycles. The summed E-state index contributed by atoms with van der Waals surface area (Å²) in [7, 11) is -3.32. The summed E-state index contributed by atoms with van der Waals surface area (Å²) >= 11 is 3.01. The topological polar surface area (TPSA) is 46.2 Å². The minimum absolute atomic E-state index is 0.225. The highest BCUT2D eigenvalue weighted by atomic mass is 79.9. The van der Waals surface area contributed by atoms with E-state index in [0.29, 0.717) is 0 Å². The summed E-state index contributed by atoms with van der Waals surface area (Å²) in [6.07, 6.45) is 0. The van der Waals surface area contributed by atoms with E-state index >= 15 is 0 Å². The van der Waals surface area contributed by atoms with Gasteiger partial charge in [0.2, 0.25) is 10.0 Å². The van der Waals surface area contributed by atoms with Crippen LogP contribution >= 0.6 is 15.9 Å². The first-order valence-corrected chi connectivity index (χ1v) is 6.29. The molecule has 0 aliphatic heterocycles. The maximum atomic E-state index is 11.4. The molecule has 0 aromatic heterocycles. The number of hydrogen-bond donors (Lipinski definition) is 1. The first-order valence-electron chi connectivity index (χ1n) is 3.68. The fourth-order valence-electron chi connectivity index (χ4n) is 0.873. The number of nitrogens with one attached hydrogen (secondary N) is 1. The van der Waals surface area contributed by atoms with Gasteiger partial charge in [0.05, 0.1) is 10.3 Å². The van der Waals surface area contributed by atoms with Crippen LogP contribution in [0.25, 0.3) is 0 Å². The van der Waals surface area contributed by atoms with Crippen molar-refractivity contribution in [3.63, 3.8) is 0 Å². The summed E-state index contributed by atoms with van der Waals surface area (Å²) < 4.78 is 25.2. The van der Waals surface area contributed by atoms with Gasteiger partial charge in [0.1, 0.15) is 0 Å². The number of sulfonamides is 1. The Hall–Kier alpha value is -0.390. The molecule has 1 N–H and O–H groups in total. The smallest absolute Gasteiger partial charge is 0.207 e. The van der Waals surface area contributed by atoms with Crippen LogP contribution in [-0.4, -0.2) is 13.9 Å². The van der Waals surface area contributed by atoms with Crippen LogP contribution in [0.2, 0.25) is 0 Å². The van der Waals surface area contributed by atoms with Gasteiger partial charge in [-0.05, 0) is 19.1 Å². The SMILES string of the molecule is Cc1ccc(S(=O)(=O)NCBr)cc1. The molecule has 0 saturated carbocycles. The van der Waals surface area contributed by atoms with Crippen molar-refractivity contribution in [3.05, 3.63) is 29.8 Å². The molecule has 72 valence electrons. The highest BCUT2D eigenvalue weighted by Crippen LogP contribution is 2.09. The fourth-order valence-corrected chi connectivity index (χ4v) is 2.58. The Morgan fingerprint density at radius 3 is 2.31 bits per heavy atom. The summed E-state index contributed by atoms with van der Waals surface area (Å²) in [6, 6.07) is 6.70. The largest absolute Gasteiger partial charge is 0.241 e. The quantitative estimate of drug-likeness (QED) is 0.666. The molecule has 0 amide bonds. The third-order valence-corrected chi connectivity index (χ3v) is 3.64. The number of alkyl halides is 1. The van der Waals surface area contributed by atoms with Crippen LogP contribution in [0.5, 0.6) is 0 Å². The maximum Gasteiger partial charge on any atom is 0.241 e. The monoisotopic (exact) mass is 263 g/mol. The molecule has 0 bridgehead atoms. The van der Waals surface area contributed by atoms with Crippen LogP contribution in [0, 0.1) is 6.92 Å². The second-order valence-electron chi connectivity index (χ2n) is 2.59. The zero-order valence-corrected chi connectivity index (χ0v) is 9.52. The zero-order valence-electron chi connectivity index (χ0n) is 7.12. The van der Waals surface area contributed by atoms with Crippen LogP contribution < -0.4 is 4.72 Å². The predicted molar refractivity (Wildman–Crippen MR) is 55.3 cm³/mol. The molecule has 0 atom stereocenters. The minimum atomic E-state index is -3.32. The van der Waals surface area contributed by atoms with Crippen molar-refractivity contribution in [2.24, 2.45) is 0 Å². The average molecular weight is 264 g/mol. The normalized spacial score (nSPS) is 11.5. The van der Waals surface area contributed by atoms with Gasteiger partial charge in [-0.15, -0.1) is 0 Å². The molecule has 0 radical (unpaired) electrons. The van der Waals surface area contributed by atoms with E-state index in [1.54, 1.807) is 24.3 Å². The first kappa shape index (κ1) is 10.7. The number of aryl methyl sites for hydroxylation is 1. The standard InChI is InChI=1S/C8H10BrNO2S/c1-7-2-4-8(5-3-7)13(11,12)10-6-9/h2-5,10H,6H2,1H3.